The van der Waals surface area contributed by atoms with E-state index < -0.39 is 17.3 Å². The van der Waals surface area contributed by atoms with Crippen molar-refractivity contribution in [1.29, 1.82) is 0 Å². The van der Waals surface area contributed by atoms with Gasteiger partial charge in [-0.1, -0.05) is 6.42 Å². The van der Waals surface area contributed by atoms with Gasteiger partial charge in [0, 0.05) is 23.3 Å². The van der Waals surface area contributed by atoms with Crippen LogP contribution in [0, 0.1) is 0 Å². The lowest BCUT2D eigenvalue weighted by Gasteiger charge is -2.26. The first kappa shape index (κ1) is 12.4. The molecule has 0 spiro atoms. The Kier molecular flexibility index (Phi) is 2.89. The second-order valence-corrected chi connectivity index (χ2v) is 4.92. The Morgan fingerprint density at radius 1 is 1.47 bits per heavy atom. The molecule has 1 aliphatic rings. The Bertz CT molecular complexity index is 412. The first-order chi connectivity index (χ1) is 7.81. The van der Waals surface area contributed by atoms with Gasteiger partial charge in [0.15, 0.2) is 0 Å². The minimum Gasteiger partial charge on any atom is -0.325 e. The molecule has 0 bridgehead atoms. The van der Waals surface area contributed by atoms with Crippen LogP contribution in [0.5, 0.6) is 0 Å². The molecule has 2 unspecified atom stereocenters. The number of pyridine rings is 1. The van der Waals surface area contributed by atoms with Crippen molar-refractivity contribution in [3.05, 3.63) is 29.6 Å². The molecule has 1 heterocycles. The summed E-state index contributed by atoms with van der Waals surface area (Å²) >= 11 is 0. The Labute approximate surface area is 98.0 Å². The maximum Gasteiger partial charge on any atom is 0.416 e. The lowest BCUT2D eigenvalue weighted by molar-refractivity contribution is -0.137. The summed E-state index contributed by atoms with van der Waals surface area (Å²) in [6.07, 6.45) is -0.527. The summed E-state index contributed by atoms with van der Waals surface area (Å²) < 4.78 is 37.8. The quantitative estimate of drug-likeness (QED) is 0.824. The monoisotopic (exact) mass is 244 g/mol. The highest BCUT2D eigenvalue weighted by atomic mass is 19.4. The lowest BCUT2D eigenvalue weighted by atomic mass is 9.87. The smallest absolute Gasteiger partial charge is 0.325 e. The summed E-state index contributed by atoms with van der Waals surface area (Å²) in [6, 6.07) is 2.12. The molecule has 0 aliphatic heterocycles. The minimum atomic E-state index is -4.32. The highest BCUT2D eigenvalue weighted by Gasteiger charge is 2.38. The van der Waals surface area contributed by atoms with Gasteiger partial charge in [0.25, 0.3) is 0 Å². The van der Waals surface area contributed by atoms with Gasteiger partial charge in [-0.2, -0.15) is 13.2 Å². The van der Waals surface area contributed by atoms with E-state index in [2.05, 4.69) is 4.98 Å². The van der Waals surface area contributed by atoms with Crippen LogP contribution in [-0.4, -0.2) is 10.5 Å². The van der Waals surface area contributed by atoms with Crippen molar-refractivity contribution >= 4 is 0 Å². The number of nitrogens with zero attached hydrogens (tertiary/aromatic N) is 1. The van der Waals surface area contributed by atoms with Crippen LogP contribution in [0.3, 0.4) is 0 Å². The number of rotatable bonds is 1. The topological polar surface area (TPSA) is 38.9 Å². The van der Waals surface area contributed by atoms with E-state index in [1.165, 1.54) is 6.20 Å². The van der Waals surface area contributed by atoms with E-state index >= 15 is 0 Å². The van der Waals surface area contributed by atoms with E-state index in [-0.39, 0.29) is 5.92 Å². The maximum absolute atomic E-state index is 12.6. The second kappa shape index (κ2) is 3.98. The van der Waals surface area contributed by atoms with Crippen molar-refractivity contribution in [3.8, 4) is 0 Å². The summed E-state index contributed by atoms with van der Waals surface area (Å²) in [5, 5.41) is 0. The largest absolute Gasteiger partial charge is 0.416 e. The number of hydrogen-bond acceptors (Lipinski definition) is 2. The molecule has 2 rings (SSSR count). The summed E-state index contributed by atoms with van der Waals surface area (Å²) in [5.74, 6) is -0.0789. The van der Waals surface area contributed by atoms with Gasteiger partial charge in [0.05, 0.1) is 5.56 Å². The average molecular weight is 244 g/mol. The minimum absolute atomic E-state index is 0.0789. The summed E-state index contributed by atoms with van der Waals surface area (Å²) in [4.78, 5) is 4.05. The normalized spacial score (nSPS) is 29.6. The summed E-state index contributed by atoms with van der Waals surface area (Å²) in [7, 11) is 0. The van der Waals surface area contributed by atoms with Gasteiger partial charge in [0.1, 0.15) is 0 Å². The van der Waals surface area contributed by atoms with Gasteiger partial charge in [-0.05, 0) is 31.9 Å². The Morgan fingerprint density at radius 3 is 2.71 bits per heavy atom. The molecule has 2 nitrogen and oxygen atoms in total. The molecule has 0 saturated heterocycles. The Balaban J connectivity index is 2.34. The number of hydrogen-bond donors (Lipinski definition) is 1. The van der Waals surface area contributed by atoms with Gasteiger partial charge < -0.3 is 5.73 Å². The lowest BCUT2D eigenvalue weighted by Crippen LogP contribution is -2.38. The standard InChI is InChI=1S/C12H15F3N2/c1-11(16)5-2-3-9(11)10-7-8(4-6-17-10)12(13,14)15/h4,6-7,9H,2-3,5,16H2,1H3. The molecule has 2 N–H and O–H groups in total. The van der Waals surface area contributed by atoms with Gasteiger partial charge in [0.2, 0.25) is 0 Å². The van der Waals surface area contributed by atoms with Gasteiger partial charge in [-0.25, -0.2) is 0 Å². The van der Waals surface area contributed by atoms with E-state index in [0.717, 1.165) is 31.4 Å². The number of nitrogens with two attached hydrogens (primary N) is 1. The maximum atomic E-state index is 12.6. The third-order valence-electron chi connectivity index (χ3n) is 3.47. The van der Waals surface area contributed by atoms with Crippen LogP contribution in [-0.2, 0) is 6.18 Å². The molecule has 1 aromatic heterocycles. The predicted molar refractivity (Wildman–Crippen MR) is 58.4 cm³/mol. The van der Waals surface area contributed by atoms with E-state index in [0.29, 0.717) is 5.69 Å². The second-order valence-electron chi connectivity index (χ2n) is 4.92. The fraction of sp³-hybridized carbons (Fsp3) is 0.583. The molecule has 1 aromatic rings. The van der Waals surface area contributed by atoms with Crippen molar-refractivity contribution in [2.45, 2.75) is 43.8 Å². The third-order valence-corrected chi connectivity index (χ3v) is 3.47. The summed E-state index contributed by atoms with van der Waals surface area (Å²) in [5.41, 5.74) is 5.46. The van der Waals surface area contributed by atoms with Crippen molar-refractivity contribution in [1.82, 2.24) is 4.98 Å². The van der Waals surface area contributed by atoms with E-state index in [1.807, 2.05) is 6.92 Å². The van der Waals surface area contributed by atoms with Crippen molar-refractivity contribution in [2.75, 3.05) is 0 Å². The molecule has 1 aliphatic carbocycles. The molecule has 0 radical (unpaired) electrons. The van der Waals surface area contributed by atoms with Crippen LogP contribution < -0.4 is 5.73 Å². The molecular formula is C12H15F3N2. The fourth-order valence-corrected chi connectivity index (χ4v) is 2.49. The van der Waals surface area contributed by atoms with Crippen LogP contribution >= 0.6 is 0 Å². The van der Waals surface area contributed by atoms with Gasteiger partial charge in [-0.3, -0.25) is 4.98 Å². The van der Waals surface area contributed by atoms with Crippen LogP contribution in [0.1, 0.15) is 43.4 Å². The zero-order chi connectivity index (χ0) is 12.7. The molecular weight excluding hydrogens is 229 g/mol. The molecule has 2 atom stereocenters. The van der Waals surface area contributed by atoms with E-state index in [9.17, 15) is 13.2 Å². The molecule has 1 fully saturated rings. The Morgan fingerprint density at radius 2 is 2.18 bits per heavy atom. The third kappa shape index (κ3) is 2.44. The molecule has 94 valence electrons. The molecule has 0 amide bonds. The van der Waals surface area contributed by atoms with Crippen molar-refractivity contribution in [2.24, 2.45) is 5.73 Å². The fourth-order valence-electron chi connectivity index (χ4n) is 2.49. The highest BCUT2D eigenvalue weighted by molar-refractivity contribution is 5.25. The molecule has 5 heteroatoms. The summed E-state index contributed by atoms with van der Waals surface area (Å²) in [6.45, 7) is 1.88. The van der Waals surface area contributed by atoms with Crippen molar-refractivity contribution in [3.63, 3.8) is 0 Å². The zero-order valence-electron chi connectivity index (χ0n) is 9.59. The van der Waals surface area contributed by atoms with Crippen LogP contribution in [0.2, 0.25) is 0 Å². The molecule has 17 heavy (non-hydrogen) atoms. The highest BCUT2D eigenvalue weighted by Crippen LogP contribution is 2.41. The van der Waals surface area contributed by atoms with E-state index in [1.54, 1.807) is 0 Å². The first-order valence-electron chi connectivity index (χ1n) is 5.63. The van der Waals surface area contributed by atoms with Crippen LogP contribution in [0.4, 0.5) is 13.2 Å². The number of halogens is 3. The van der Waals surface area contributed by atoms with Crippen LogP contribution in [0.15, 0.2) is 18.3 Å². The van der Waals surface area contributed by atoms with Gasteiger partial charge in [-0.15, -0.1) is 0 Å². The Hall–Kier alpha value is -1.10. The van der Waals surface area contributed by atoms with Crippen molar-refractivity contribution < 1.29 is 13.2 Å². The SMILES string of the molecule is CC1(N)CCCC1c1cc(C(F)(F)F)ccn1. The zero-order valence-corrected chi connectivity index (χ0v) is 9.59. The number of aromatic nitrogens is 1. The van der Waals surface area contributed by atoms with Crippen LogP contribution in [0.25, 0.3) is 0 Å². The molecule has 0 aromatic carbocycles. The van der Waals surface area contributed by atoms with E-state index in [4.69, 9.17) is 5.73 Å². The number of alkyl halides is 3. The molecule has 1 saturated carbocycles. The first-order valence-corrected chi connectivity index (χ1v) is 5.63. The average Bonchev–Trinajstić information content (AvgIpc) is 2.57. The van der Waals surface area contributed by atoms with Gasteiger partial charge >= 0.3 is 6.18 Å². The predicted octanol–water partition coefficient (Wildman–Crippen LogP) is 3.09.